The summed E-state index contributed by atoms with van der Waals surface area (Å²) in [5, 5.41) is 3.19. The van der Waals surface area contributed by atoms with Crippen LogP contribution in [0.5, 0.6) is 5.75 Å². The van der Waals surface area contributed by atoms with Crippen molar-refractivity contribution in [3.63, 3.8) is 0 Å². The number of hydrogen-bond donors (Lipinski definition) is 2. The van der Waals surface area contributed by atoms with E-state index in [-0.39, 0.29) is 11.7 Å². The molecule has 0 aromatic heterocycles. The SMILES string of the molecule is COc1ccc(CNCC2(C(N)=O)CCOCC2)cc1F. The predicted octanol–water partition coefficient (Wildman–Crippen LogP) is 1.21. The Kier molecular flexibility index (Phi) is 5.14. The average molecular weight is 296 g/mol. The number of carbonyl (C=O) groups is 1. The number of nitrogens with two attached hydrogens (primary N) is 1. The van der Waals surface area contributed by atoms with Crippen LogP contribution in [0, 0.1) is 11.2 Å². The largest absolute Gasteiger partial charge is 0.494 e. The zero-order chi connectivity index (χ0) is 15.3. The fraction of sp³-hybridized carbons (Fsp3) is 0.533. The number of halogens is 1. The molecule has 1 aliphatic heterocycles. The fourth-order valence-corrected chi connectivity index (χ4v) is 2.54. The van der Waals surface area contributed by atoms with E-state index in [0.29, 0.717) is 39.1 Å². The Morgan fingerprint density at radius 3 is 2.76 bits per heavy atom. The second-order valence-electron chi connectivity index (χ2n) is 5.33. The van der Waals surface area contributed by atoms with Gasteiger partial charge in [-0.05, 0) is 30.5 Å². The minimum atomic E-state index is -0.566. The quantitative estimate of drug-likeness (QED) is 0.827. The molecular weight excluding hydrogens is 275 g/mol. The molecule has 1 saturated heterocycles. The molecular formula is C15H21FN2O3. The van der Waals surface area contributed by atoms with E-state index in [1.54, 1.807) is 12.1 Å². The van der Waals surface area contributed by atoms with Gasteiger partial charge < -0.3 is 20.5 Å². The van der Waals surface area contributed by atoms with Crippen molar-refractivity contribution in [2.75, 3.05) is 26.9 Å². The number of benzene rings is 1. The summed E-state index contributed by atoms with van der Waals surface area (Å²) in [6.07, 6.45) is 1.23. The first-order valence-corrected chi connectivity index (χ1v) is 6.98. The van der Waals surface area contributed by atoms with E-state index >= 15 is 0 Å². The van der Waals surface area contributed by atoms with Gasteiger partial charge in [-0.3, -0.25) is 4.79 Å². The number of primary amides is 1. The molecule has 3 N–H and O–H groups in total. The Bertz CT molecular complexity index is 502. The van der Waals surface area contributed by atoms with Gasteiger partial charge in [0.2, 0.25) is 5.91 Å². The Balaban J connectivity index is 1.93. The topological polar surface area (TPSA) is 73.6 Å². The van der Waals surface area contributed by atoms with Crippen LogP contribution in [0.2, 0.25) is 0 Å². The molecule has 0 spiro atoms. The lowest BCUT2D eigenvalue weighted by atomic mass is 9.79. The minimum Gasteiger partial charge on any atom is -0.494 e. The lowest BCUT2D eigenvalue weighted by Gasteiger charge is -2.34. The first-order valence-electron chi connectivity index (χ1n) is 6.98. The monoisotopic (exact) mass is 296 g/mol. The molecule has 1 aromatic rings. The highest BCUT2D eigenvalue weighted by molar-refractivity contribution is 5.81. The van der Waals surface area contributed by atoms with Gasteiger partial charge in [0.05, 0.1) is 12.5 Å². The van der Waals surface area contributed by atoms with Crippen LogP contribution < -0.4 is 15.8 Å². The maximum absolute atomic E-state index is 13.6. The molecule has 0 bridgehead atoms. The molecule has 0 unspecified atom stereocenters. The van der Waals surface area contributed by atoms with Gasteiger partial charge in [-0.25, -0.2) is 4.39 Å². The molecule has 0 aliphatic carbocycles. The number of carbonyl (C=O) groups excluding carboxylic acids is 1. The zero-order valence-corrected chi connectivity index (χ0v) is 12.2. The average Bonchev–Trinajstić information content (AvgIpc) is 2.48. The van der Waals surface area contributed by atoms with Gasteiger partial charge >= 0.3 is 0 Å². The molecule has 6 heteroatoms. The molecule has 5 nitrogen and oxygen atoms in total. The maximum atomic E-state index is 13.6. The number of amides is 1. The van der Waals surface area contributed by atoms with E-state index in [2.05, 4.69) is 5.32 Å². The summed E-state index contributed by atoms with van der Waals surface area (Å²) in [6, 6.07) is 4.80. The normalized spacial score (nSPS) is 17.4. The van der Waals surface area contributed by atoms with Gasteiger partial charge in [-0.1, -0.05) is 6.07 Å². The van der Waals surface area contributed by atoms with Crippen molar-refractivity contribution in [1.82, 2.24) is 5.32 Å². The van der Waals surface area contributed by atoms with E-state index in [9.17, 15) is 9.18 Å². The smallest absolute Gasteiger partial charge is 0.225 e. The first kappa shape index (κ1) is 15.7. The van der Waals surface area contributed by atoms with Gasteiger partial charge in [0.25, 0.3) is 0 Å². The lowest BCUT2D eigenvalue weighted by Crippen LogP contribution is -2.48. The summed E-state index contributed by atoms with van der Waals surface area (Å²) in [5.41, 5.74) is 5.76. The predicted molar refractivity (Wildman–Crippen MR) is 76.3 cm³/mol. The van der Waals surface area contributed by atoms with Crippen LogP contribution in [0.3, 0.4) is 0 Å². The van der Waals surface area contributed by atoms with Crippen molar-refractivity contribution in [3.8, 4) is 5.75 Å². The number of methoxy groups -OCH3 is 1. The molecule has 21 heavy (non-hydrogen) atoms. The molecule has 1 aliphatic rings. The number of hydrogen-bond acceptors (Lipinski definition) is 4. The summed E-state index contributed by atoms with van der Waals surface area (Å²) in [7, 11) is 1.43. The minimum absolute atomic E-state index is 0.219. The van der Waals surface area contributed by atoms with Crippen LogP contribution in [0.4, 0.5) is 4.39 Å². The molecule has 0 radical (unpaired) electrons. The Morgan fingerprint density at radius 2 is 2.19 bits per heavy atom. The van der Waals surface area contributed by atoms with Crippen molar-refractivity contribution in [3.05, 3.63) is 29.6 Å². The van der Waals surface area contributed by atoms with Crippen LogP contribution in [-0.2, 0) is 16.1 Å². The van der Waals surface area contributed by atoms with E-state index in [1.807, 2.05) is 0 Å². The van der Waals surface area contributed by atoms with Crippen LogP contribution in [-0.4, -0.2) is 32.8 Å². The third-order valence-electron chi connectivity index (χ3n) is 3.98. The van der Waals surface area contributed by atoms with Crippen molar-refractivity contribution in [2.45, 2.75) is 19.4 Å². The summed E-state index contributed by atoms with van der Waals surface area (Å²) in [4.78, 5) is 11.7. The molecule has 1 fully saturated rings. The van der Waals surface area contributed by atoms with E-state index < -0.39 is 11.2 Å². The summed E-state index contributed by atoms with van der Waals surface area (Å²) in [6.45, 7) is 2.03. The molecule has 2 rings (SSSR count). The highest BCUT2D eigenvalue weighted by Gasteiger charge is 2.37. The van der Waals surface area contributed by atoms with Crippen LogP contribution in [0.1, 0.15) is 18.4 Å². The number of rotatable bonds is 6. The Morgan fingerprint density at radius 1 is 1.48 bits per heavy atom. The molecule has 116 valence electrons. The van der Waals surface area contributed by atoms with E-state index in [4.69, 9.17) is 15.2 Å². The third-order valence-corrected chi connectivity index (χ3v) is 3.98. The second-order valence-corrected chi connectivity index (χ2v) is 5.33. The standard InChI is InChI=1S/C15H21FN2O3/c1-20-13-3-2-11(8-12(13)16)9-18-10-15(14(17)19)4-6-21-7-5-15/h2-3,8,18H,4-7,9-10H2,1H3,(H2,17,19). The Hall–Kier alpha value is -1.66. The van der Waals surface area contributed by atoms with Crippen molar-refractivity contribution in [1.29, 1.82) is 0 Å². The molecule has 1 amide bonds. The Labute approximate surface area is 123 Å². The van der Waals surface area contributed by atoms with Gasteiger partial charge in [-0.2, -0.15) is 0 Å². The van der Waals surface area contributed by atoms with Crippen LogP contribution >= 0.6 is 0 Å². The fourth-order valence-electron chi connectivity index (χ4n) is 2.54. The van der Waals surface area contributed by atoms with Crippen molar-refractivity contribution in [2.24, 2.45) is 11.1 Å². The zero-order valence-electron chi connectivity index (χ0n) is 12.2. The van der Waals surface area contributed by atoms with E-state index in [1.165, 1.54) is 13.2 Å². The number of nitrogens with one attached hydrogen (secondary N) is 1. The van der Waals surface area contributed by atoms with Gasteiger partial charge in [-0.15, -0.1) is 0 Å². The summed E-state index contributed by atoms with van der Waals surface area (Å²) >= 11 is 0. The number of ether oxygens (including phenoxy) is 2. The lowest BCUT2D eigenvalue weighted by molar-refractivity contribution is -0.132. The maximum Gasteiger partial charge on any atom is 0.225 e. The highest BCUT2D eigenvalue weighted by atomic mass is 19.1. The van der Waals surface area contributed by atoms with Crippen LogP contribution in [0.25, 0.3) is 0 Å². The van der Waals surface area contributed by atoms with E-state index in [0.717, 1.165) is 5.56 Å². The first-order chi connectivity index (χ1) is 10.1. The molecule has 0 saturated carbocycles. The van der Waals surface area contributed by atoms with Gasteiger partial charge in [0.1, 0.15) is 0 Å². The summed E-state index contributed by atoms with van der Waals surface area (Å²) < 4.78 is 23.8. The second kappa shape index (κ2) is 6.87. The van der Waals surface area contributed by atoms with Crippen LogP contribution in [0.15, 0.2) is 18.2 Å². The molecule has 1 heterocycles. The third kappa shape index (κ3) is 3.71. The summed E-state index contributed by atoms with van der Waals surface area (Å²) in [5.74, 6) is -0.483. The highest BCUT2D eigenvalue weighted by Crippen LogP contribution is 2.29. The van der Waals surface area contributed by atoms with Crippen molar-refractivity contribution >= 4 is 5.91 Å². The molecule has 1 aromatic carbocycles. The van der Waals surface area contributed by atoms with Gasteiger partial charge in [0.15, 0.2) is 11.6 Å². The van der Waals surface area contributed by atoms with Crippen molar-refractivity contribution < 1.29 is 18.7 Å². The molecule has 0 atom stereocenters. The van der Waals surface area contributed by atoms with Gasteiger partial charge in [0, 0.05) is 26.3 Å².